The Morgan fingerprint density at radius 3 is 2.15 bits per heavy atom. The maximum Gasteiger partial charge on any atom is 0.335 e. The maximum absolute atomic E-state index is 11.3. The predicted molar refractivity (Wildman–Crippen MR) is 188 cm³/mol. The van der Waals surface area contributed by atoms with Gasteiger partial charge in [0.1, 0.15) is 5.75 Å². The van der Waals surface area contributed by atoms with Gasteiger partial charge in [0, 0.05) is 51.7 Å². The second kappa shape index (κ2) is 14.2. The van der Waals surface area contributed by atoms with Gasteiger partial charge in [0.25, 0.3) is 0 Å². The zero-order chi connectivity index (χ0) is 32.0. The average Bonchev–Trinajstić information content (AvgIpc) is 3.36. The molecule has 0 radical (unpaired) electrons. The third-order valence-electron chi connectivity index (χ3n) is 8.34. The Bertz CT molecular complexity index is 1920. The van der Waals surface area contributed by atoms with E-state index < -0.39 is 5.97 Å². The van der Waals surface area contributed by atoms with Crippen molar-refractivity contribution in [2.75, 3.05) is 18.5 Å². The third-order valence-corrected chi connectivity index (χ3v) is 8.98. The van der Waals surface area contributed by atoms with Crippen LogP contribution in [0.25, 0.3) is 10.9 Å². The van der Waals surface area contributed by atoms with Crippen molar-refractivity contribution >= 4 is 45.8 Å². The Kier molecular flexibility index (Phi) is 9.62. The highest BCUT2D eigenvalue weighted by molar-refractivity contribution is 6.31. The first-order valence-corrected chi connectivity index (χ1v) is 16.0. The summed E-state index contributed by atoms with van der Waals surface area (Å²) >= 11 is 13.1. The SMILES string of the molecule is Cc1c(Cl)cccc1NCCc1c(CCOc2ccc(C(=O)O)cc2)c2cc(Cl)ccc2n1C(c1ccccc1)c1ccccc1. The van der Waals surface area contributed by atoms with Gasteiger partial charge in [-0.2, -0.15) is 0 Å². The minimum atomic E-state index is -0.964. The Morgan fingerprint density at radius 1 is 0.826 bits per heavy atom. The van der Waals surface area contributed by atoms with Crippen LogP contribution in [0.3, 0.4) is 0 Å². The quantitative estimate of drug-likeness (QED) is 0.139. The van der Waals surface area contributed by atoms with Crippen LogP contribution in [0.1, 0.15) is 44.3 Å². The van der Waals surface area contributed by atoms with Crippen LogP contribution in [0.2, 0.25) is 10.0 Å². The van der Waals surface area contributed by atoms with Crippen molar-refractivity contribution in [2.45, 2.75) is 25.8 Å². The summed E-state index contributed by atoms with van der Waals surface area (Å²) in [5.74, 6) is -0.341. The van der Waals surface area contributed by atoms with Crippen LogP contribution < -0.4 is 10.1 Å². The number of rotatable bonds is 12. The second-order valence-corrected chi connectivity index (χ2v) is 12.0. The maximum atomic E-state index is 11.3. The number of aromatic carboxylic acids is 1. The van der Waals surface area contributed by atoms with Crippen molar-refractivity contribution in [1.82, 2.24) is 4.57 Å². The summed E-state index contributed by atoms with van der Waals surface area (Å²) in [7, 11) is 0. The lowest BCUT2D eigenvalue weighted by Crippen LogP contribution is -2.18. The molecule has 0 aliphatic rings. The van der Waals surface area contributed by atoms with E-state index in [0.29, 0.717) is 30.3 Å². The molecular weight excluding hydrogens is 615 g/mol. The van der Waals surface area contributed by atoms with Crippen LogP contribution in [0.15, 0.2) is 121 Å². The summed E-state index contributed by atoms with van der Waals surface area (Å²) in [6.45, 7) is 3.12. The van der Waals surface area contributed by atoms with Gasteiger partial charge >= 0.3 is 5.97 Å². The van der Waals surface area contributed by atoms with E-state index in [1.54, 1.807) is 24.3 Å². The van der Waals surface area contributed by atoms with Gasteiger partial charge in [0.15, 0.2) is 0 Å². The molecule has 0 aliphatic carbocycles. The molecule has 0 fully saturated rings. The molecule has 1 heterocycles. The molecule has 6 rings (SSSR count). The number of hydrogen-bond donors (Lipinski definition) is 2. The highest BCUT2D eigenvalue weighted by Crippen LogP contribution is 2.38. The Balaban J connectivity index is 1.44. The van der Waals surface area contributed by atoms with Crippen LogP contribution in [0.4, 0.5) is 5.69 Å². The normalized spacial score (nSPS) is 11.2. The number of carbonyl (C=O) groups is 1. The topological polar surface area (TPSA) is 63.5 Å². The summed E-state index contributed by atoms with van der Waals surface area (Å²) < 4.78 is 8.61. The molecule has 5 nitrogen and oxygen atoms in total. The lowest BCUT2D eigenvalue weighted by molar-refractivity contribution is 0.0697. The third kappa shape index (κ3) is 6.76. The summed E-state index contributed by atoms with van der Waals surface area (Å²) in [4.78, 5) is 11.3. The highest BCUT2D eigenvalue weighted by atomic mass is 35.5. The molecule has 0 bridgehead atoms. The van der Waals surface area contributed by atoms with E-state index in [2.05, 4.69) is 76.6 Å². The molecule has 5 aromatic carbocycles. The highest BCUT2D eigenvalue weighted by Gasteiger charge is 2.25. The Hall–Kier alpha value is -4.71. The Morgan fingerprint density at radius 2 is 1.50 bits per heavy atom. The lowest BCUT2D eigenvalue weighted by atomic mass is 9.97. The van der Waals surface area contributed by atoms with E-state index in [1.165, 1.54) is 22.4 Å². The molecule has 0 saturated carbocycles. The molecule has 7 heteroatoms. The number of carboxylic acids is 1. The number of benzene rings is 5. The largest absolute Gasteiger partial charge is 0.493 e. The number of hydrogen-bond acceptors (Lipinski definition) is 3. The monoisotopic (exact) mass is 648 g/mol. The number of aromatic nitrogens is 1. The van der Waals surface area contributed by atoms with Crippen molar-refractivity contribution in [1.29, 1.82) is 0 Å². The van der Waals surface area contributed by atoms with E-state index in [1.807, 2.05) is 37.3 Å². The number of anilines is 1. The molecule has 0 spiro atoms. The van der Waals surface area contributed by atoms with Crippen LogP contribution in [0.5, 0.6) is 5.75 Å². The molecule has 0 saturated heterocycles. The molecule has 6 aromatic rings. The number of ether oxygens (including phenoxy) is 1. The van der Waals surface area contributed by atoms with Crippen LogP contribution >= 0.6 is 23.2 Å². The fourth-order valence-corrected chi connectivity index (χ4v) is 6.44. The van der Waals surface area contributed by atoms with Crippen molar-refractivity contribution in [3.8, 4) is 5.75 Å². The number of carboxylic acid groups (broad SMARTS) is 1. The molecule has 46 heavy (non-hydrogen) atoms. The summed E-state index contributed by atoms with van der Waals surface area (Å²) in [6.07, 6.45) is 1.36. The molecule has 2 N–H and O–H groups in total. The van der Waals surface area contributed by atoms with Crippen LogP contribution in [-0.2, 0) is 12.8 Å². The van der Waals surface area contributed by atoms with Gasteiger partial charge in [-0.25, -0.2) is 4.79 Å². The number of nitrogens with one attached hydrogen (secondary N) is 1. The molecule has 232 valence electrons. The van der Waals surface area contributed by atoms with Gasteiger partial charge in [-0.15, -0.1) is 0 Å². The zero-order valence-corrected chi connectivity index (χ0v) is 26.9. The summed E-state index contributed by atoms with van der Waals surface area (Å²) in [5, 5.41) is 15.4. The molecule has 1 aromatic heterocycles. The van der Waals surface area contributed by atoms with E-state index in [9.17, 15) is 9.90 Å². The van der Waals surface area contributed by atoms with E-state index in [0.717, 1.165) is 33.6 Å². The van der Waals surface area contributed by atoms with Crippen molar-refractivity contribution in [3.63, 3.8) is 0 Å². The predicted octanol–water partition coefficient (Wildman–Crippen LogP) is 9.87. The van der Waals surface area contributed by atoms with Crippen LogP contribution in [0, 0.1) is 6.92 Å². The number of halogens is 2. The first kappa shape index (κ1) is 31.3. The standard InChI is InChI=1S/C39H34Cl2N2O3/c1-26-34(41)13-8-14-35(26)42-23-21-37-32(22-24-46-31-18-15-29(16-19-31)39(44)45)33-25-30(40)17-20-36(33)43(37)38(27-9-4-2-5-10-27)28-11-6-3-7-12-28/h2-20,25,38,42H,21-24H2,1H3,(H,44,45). The van der Waals surface area contributed by atoms with Crippen LogP contribution in [-0.4, -0.2) is 28.8 Å². The van der Waals surface area contributed by atoms with Gasteiger partial charge in [0.2, 0.25) is 0 Å². The van der Waals surface area contributed by atoms with Gasteiger partial charge in [-0.1, -0.05) is 89.9 Å². The second-order valence-electron chi connectivity index (χ2n) is 11.2. The minimum Gasteiger partial charge on any atom is -0.493 e. The fraction of sp³-hybridized carbons (Fsp3) is 0.154. The zero-order valence-electron chi connectivity index (χ0n) is 25.4. The first-order valence-electron chi connectivity index (χ1n) is 15.3. The fourth-order valence-electron chi connectivity index (χ4n) is 6.09. The molecule has 0 amide bonds. The smallest absolute Gasteiger partial charge is 0.335 e. The first-order chi connectivity index (χ1) is 22.4. The lowest BCUT2D eigenvalue weighted by Gasteiger charge is -2.25. The van der Waals surface area contributed by atoms with Gasteiger partial charge in [-0.05, 0) is 83.8 Å². The van der Waals surface area contributed by atoms with Gasteiger partial charge in [0.05, 0.1) is 18.2 Å². The molecule has 0 unspecified atom stereocenters. The molecule has 0 aliphatic heterocycles. The summed E-state index contributed by atoms with van der Waals surface area (Å²) in [5.41, 5.74) is 8.07. The minimum absolute atomic E-state index is 0.0767. The van der Waals surface area contributed by atoms with Crippen molar-refractivity contribution < 1.29 is 14.6 Å². The van der Waals surface area contributed by atoms with E-state index in [-0.39, 0.29) is 11.6 Å². The molecular formula is C39H34Cl2N2O3. The number of fused-ring (bicyclic) bond motifs is 1. The summed E-state index contributed by atoms with van der Waals surface area (Å²) in [6, 6.07) is 39.6. The van der Waals surface area contributed by atoms with Gasteiger partial charge in [-0.3, -0.25) is 0 Å². The van der Waals surface area contributed by atoms with E-state index >= 15 is 0 Å². The average molecular weight is 650 g/mol. The van der Waals surface area contributed by atoms with Gasteiger partial charge < -0.3 is 19.7 Å². The van der Waals surface area contributed by atoms with E-state index in [4.69, 9.17) is 27.9 Å². The Labute approximate surface area is 279 Å². The number of nitrogens with zero attached hydrogens (tertiary/aromatic N) is 1. The van der Waals surface area contributed by atoms with Crippen molar-refractivity contribution in [2.24, 2.45) is 0 Å². The molecule has 0 atom stereocenters. The van der Waals surface area contributed by atoms with Crippen molar-refractivity contribution in [3.05, 3.63) is 165 Å².